The minimum absolute atomic E-state index is 0.348. The molecule has 2 heteroatoms. The van der Waals surface area contributed by atoms with Crippen LogP contribution in [0.4, 0.5) is 0 Å². The van der Waals surface area contributed by atoms with E-state index in [4.69, 9.17) is 4.43 Å². The molecule has 0 heterocycles. The van der Waals surface area contributed by atoms with Crippen molar-refractivity contribution in [3.63, 3.8) is 0 Å². The molecule has 1 atom stereocenters. The topological polar surface area (TPSA) is 9.23 Å². The van der Waals surface area contributed by atoms with Crippen molar-refractivity contribution in [2.45, 2.75) is 59.2 Å². The maximum absolute atomic E-state index is 6.09. The Morgan fingerprint density at radius 3 is 2.00 bits per heavy atom. The highest BCUT2D eigenvalue weighted by Crippen LogP contribution is 2.36. The summed E-state index contributed by atoms with van der Waals surface area (Å²) in [4.78, 5) is 0. The molecule has 80 valence electrons. The number of rotatable bonds is 4. The molecule has 0 aromatic carbocycles. The molecule has 0 fully saturated rings. The van der Waals surface area contributed by atoms with Crippen molar-refractivity contribution in [3.8, 4) is 0 Å². The van der Waals surface area contributed by atoms with Gasteiger partial charge in [-0.2, -0.15) is 0 Å². The summed E-state index contributed by atoms with van der Waals surface area (Å²) in [6.07, 6.45) is 1.22. The van der Waals surface area contributed by atoms with Gasteiger partial charge in [0.25, 0.3) is 0 Å². The van der Waals surface area contributed by atoms with Gasteiger partial charge in [0.1, 0.15) is 0 Å². The van der Waals surface area contributed by atoms with Gasteiger partial charge in [-0.05, 0) is 24.1 Å². The van der Waals surface area contributed by atoms with Gasteiger partial charge in [-0.3, -0.25) is 0 Å². The van der Waals surface area contributed by atoms with E-state index in [1.165, 1.54) is 6.42 Å². The molecule has 1 unspecified atom stereocenters. The van der Waals surface area contributed by atoms with Crippen LogP contribution < -0.4 is 0 Å². The van der Waals surface area contributed by atoms with Crippen LogP contribution in [0, 0.1) is 5.92 Å². The number of hydrogen-bond acceptors (Lipinski definition) is 1. The molecule has 0 bridgehead atoms. The monoisotopic (exact) mass is 202 g/mol. The Kier molecular flexibility index (Phi) is 4.67. The Morgan fingerprint density at radius 1 is 1.23 bits per heavy atom. The van der Waals surface area contributed by atoms with Crippen molar-refractivity contribution in [3.05, 3.63) is 0 Å². The van der Waals surface area contributed by atoms with Gasteiger partial charge >= 0.3 is 0 Å². The summed E-state index contributed by atoms with van der Waals surface area (Å²) >= 11 is 0. The van der Waals surface area contributed by atoms with Gasteiger partial charge in [-0.25, -0.2) is 0 Å². The molecule has 0 saturated heterocycles. The summed E-state index contributed by atoms with van der Waals surface area (Å²) in [7, 11) is -1.48. The second-order valence-electron chi connectivity index (χ2n) is 5.58. The molecule has 0 aromatic heterocycles. The molecule has 0 aromatic rings. The van der Waals surface area contributed by atoms with Gasteiger partial charge in [-0.15, -0.1) is 0 Å². The molecule has 0 spiro atoms. The van der Waals surface area contributed by atoms with Crippen LogP contribution in [0.2, 0.25) is 18.1 Å². The minimum Gasteiger partial charge on any atom is -0.417 e. The first-order valence-electron chi connectivity index (χ1n) is 5.34. The van der Waals surface area contributed by atoms with Gasteiger partial charge < -0.3 is 4.43 Å². The van der Waals surface area contributed by atoms with E-state index in [-0.39, 0.29) is 0 Å². The Morgan fingerprint density at radius 2 is 1.69 bits per heavy atom. The standard InChI is InChI=1S/C11H26OSi/c1-8-10(2)9-12-13(6,7)11(3,4)5/h10H,8-9H2,1-7H3. The smallest absolute Gasteiger partial charge is 0.191 e. The lowest BCUT2D eigenvalue weighted by Gasteiger charge is -2.36. The van der Waals surface area contributed by atoms with E-state index in [0.29, 0.717) is 11.0 Å². The maximum Gasteiger partial charge on any atom is 0.191 e. The van der Waals surface area contributed by atoms with Gasteiger partial charge in [0, 0.05) is 6.61 Å². The zero-order valence-corrected chi connectivity index (χ0v) is 11.4. The van der Waals surface area contributed by atoms with Crippen molar-refractivity contribution in [1.29, 1.82) is 0 Å². The van der Waals surface area contributed by atoms with Crippen LogP contribution in [0.5, 0.6) is 0 Å². The van der Waals surface area contributed by atoms with E-state index in [2.05, 4.69) is 47.7 Å². The summed E-state index contributed by atoms with van der Waals surface area (Å²) in [5, 5.41) is 0.348. The highest BCUT2D eigenvalue weighted by molar-refractivity contribution is 6.74. The Balaban J connectivity index is 4.04. The minimum atomic E-state index is -1.48. The zero-order chi connectivity index (χ0) is 10.7. The van der Waals surface area contributed by atoms with Gasteiger partial charge in [0.05, 0.1) is 0 Å². The van der Waals surface area contributed by atoms with E-state index in [1.54, 1.807) is 0 Å². The van der Waals surface area contributed by atoms with Gasteiger partial charge in [0.15, 0.2) is 8.32 Å². The molecule has 0 amide bonds. The molecular weight excluding hydrogens is 176 g/mol. The van der Waals surface area contributed by atoms with Crippen LogP contribution in [-0.4, -0.2) is 14.9 Å². The van der Waals surface area contributed by atoms with Crippen LogP contribution in [0.15, 0.2) is 0 Å². The molecule has 0 N–H and O–H groups in total. The van der Waals surface area contributed by atoms with Crippen LogP contribution in [-0.2, 0) is 4.43 Å². The first kappa shape index (κ1) is 13.2. The largest absolute Gasteiger partial charge is 0.417 e. The number of hydrogen-bond donors (Lipinski definition) is 0. The Bertz CT molecular complexity index is 147. The predicted molar refractivity (Wildman–Crippen MR) is 62.6 cm³/mol. The zero-order valence-electron chi connectivity index (χ0n) is 10.4. The lowest BCUT2D eigenvalue weighted by molar-refractivity contribution is 0.234. The Labute approximate surface area is 85.0 Å². The third kappa shape index (κ3) is 4.27. The van der Waals surface area contributed by atoms with Crippen molar-refractivity contribution >= 4 is 8.32 Å². The molecule has 0 aliphatic heterocycles. The van der Waals surface area contributed by atoms with Crippen molar-refractivity contribution in [2.75, 3.05) is 6.61 Å². The molecule has 0 radical (unpaired) electrons. The predicted octanol–water partition coefficient (Wildman–Crippen LogP) is 4.05. The molecule has 13 heavy (non-hydrogen) atoms. The first-order valence-corrected chi connectivity index (χ1v) is 8.25. The molecular formula is C11H26OSi. The van der Waals surface area contributed by atoms with Gasteiger partial charge in [-0.1, -0.05) is 41.0 Å². The molecule has 0 rings (SSSR count). The van der Waals surface area contributed by atoms with E-state index in [9.17, 15) is 0 Å². The van der Waals surface area contributed by atoms with E-state index in [1.807, 2.05) is 0 Å². The normalized spacial score (nSPS) is 15.9. The van der Waals surface area contributed by atoms with Crippen molar-refractivity contribution in [1.82, 2.24) is 0 Å². The summed E-state index contributed by atoms with van der Waals surface area (Å²) in [6.45, 7) is 16.9. The summed E-state index contributed by atoms with van der Waals surface area (Å²) < 4.78 is 6.09. The fourth-order valence-corrected chi connectivity index (χ4v) is 1.82. The fraction of sp³-hybridized carbons (Fsp3) is 1.00. The van der Waals surface area contributed by atoms with Crippen LogP contribution >= 0.6 is 0 Å². The molecule has 0 aliphatic rings. The second-order valence-corrected chi connectivity index (χ2v) is 10.4. The SMILES string of the molecule is CCC(C)CO[Si](C)(C)C(C)(C)C. The van der Waals surface area contributed by atoms with E-state index < -0.39 is 8.32 Å². The quantitative estimate of drug-likeness (QED) is 0.625. The van der Waals surface area contributed by atoms with Crippen LogP contribution in [0.3, 0.4) is 0 Å². The third-order valence-electron chi connectivity index (χ3n) is 3.23. The fourth-order valence-electron chi connectivity index (χ4n) is 0.685. The third-order valence-corrected chi connectivity index (χ3v) is 7.73. The van der Waals surface area contributed by atoms with Crippen molar-refractivity contribution in [2.24, 2.45) is 5.92 Å². The molecule has 1 nitrogen and oxygen atoms in total. The highest BCUT2D eigenvalue weighted by Gasteiger charge is 2.37. The van der Waals surface area contributed by atoms with E-state index >= 15 is 0 Å². The second kappa shape index (κ2) is 4.60. The average molecular weight is 202 g/mol. The lowest BCUT2D eigenvalue weighted by atomic mass is 10.1. The molecule has 0 aliphatic carbocycles. The van der Waals surface area contributed by atoms with E-state index in [0.717, 1.165) is 6.61 Å². The van der Waals surface area contributed by atoms with Crippen molar-refractivity contribution < 1.29 is 4.43 Å². The maximum atomic E-state index is 6.09. The molecule has 0 saturated carbocycles. The average Bonchev–Trinajstić information content (AvgIpc) is 1.98. The highest BCUT2D eigenvalue weighted by atomic mass is 28.4. The lowest BCUT2D eigenvalue weighted by Crippen LogP contribution is -2.41. The first-order chi connectivity index (χ1) is 5.70. The van der Waals surface area contributed by atoms with Crippen LogP contribution in [0.25, 0.3) is 0 Å². The summed E-state index contributed by atoms with van der Waals surface area (Å²) in [6, 6.07) is 0. The van der Waals surface area contributed by atoms with Crippen LogP contribution in [0.1, 0.15) is 41.0 Å². The summed E-state index contributed by atoms with van der Waals surface area (Å²) in [5.41, 5.74) is 0. The Hall–Kier alpha value is 0.177. The van der Waals surface area contributed by atoms with Gasteiger partial charge in [0.2, 0.25) is 0 Å². The summed E-state index contributed by atoms with van der Waals surface area (Å²) in [5.74, 6) is 0.703.